The van der Waals surface area contributed by atoms with E-state index in [1.54, 1.807) is 6.26 Å². The van der Waals surface area contributed by atoms with E-state index in [-0.39, 0.29) is 0 Å². The van der Waals surface area contributed by atoms with E-state index in [1.807, 2.05) is 36.4 Å². The molecule has 0 saturated heterocycles. The summed E-state index contributed by atoms with van der Waals surface area (Å²) in [4.78, 5) is 0. The fourth-order valence-corrected chi connectivity index (χ4v) is 1.55. The minimum Gasteiger partial charge on any atom is -0.463 e. The van der Waals surface area contributed by atoms with Gasteiger partial charge < -0.3 is 4.42 Å². The largest absolute Gasteiger partial charge is 0.463 e. The summed E-state index contributed by atoms with van der Waals surface area (Å²) in [5.74, 6) is 0.795. The smallest absolute Gasteiger partial charge is 0.135 e. The molecule has 1 aromatic heterocycles. The second-order valence-corrected chi connectivity index (χ2v) is 3.89. The zero-order valence-corrected chi connectivity index (χ0v) is 9.12. The highest BCUT2D eigenvalue weighted by Crippen LogP contribution is 2.25. The highest BCUT2D eigenvalue weighted by atomic mass is 79.9. The first kappa shape index (κ1) is 9.28. The van der Waals surface area contributed by atoms with Gasteiger partial charge in [-0.2, -0.15) is 0 Å². The average Bonchev–Trinajstić information content (AvgIpc) is 2.65. The molecule has 0 bridgehead atoms. The lowest BCUT2D eigenvalue weighted by Crippen LogP contribution is -1.81. The van der Waals surface area contributed by atoms with Crippen LogP contribution in [0.1, 0.15) is 11.3 Å². The zero-order chi connectivity index (χ0) is 9.97. The zero-order valence-electron chi connectivity index (χ0n) is 7.53. The van der Waals surface area contributed by atoms with Gasteiger partial charge in [-0.25, -0.2) is 0 Å². The van der Waals surface area contributed by atoms with Gasteiger partial charge in [-0.05, 0) is 27.6 Å². The molecule has 0 spiro atoms. The van der Waals surface area contributed by atoms with E-state index < -0.39 is 0 Å². The van der Waals surface area contributed by atoms with Crippen molar-refractivity contribution in [3.05, 3.63) is 65.0 Å². The third-order valence-electron chi connectivity index (χ3n) is 1.99. The van der Waals surface area contributed by atoms with Crippen molar-refractivity contribution in [2.45, 2.75) is 0 Å². The van der Waals surface area contributed by atoms with Crippen molar-refractivity contribution >= 4 is 21.5 Å². The van der Waals surface area contributed by atoms with Crippen molar-refractivity contribution in [1.82, 2.24) is 0 Å². The Labute approximate surface area is 91.2 Å². The Morgan fingerprint density at radius 3 is 2.50 bits per heavy atom. The van der Waals surface area contributed by atoms with Crippen molar-refractivity contribution in [2.75, 3.05) is 0 Å². The van der Waals surface area contributed by atoms with Gasteiger partial charge in [-0.1, -0.05) is 36.9 Å². The summed E-state index contributed by atoms with van der Waals surface area (Å²) in [5, 5.41) is 0. The quantitative estimate of drug-likeness (QED) is 0.780. The van der Waals surface area contributed by atoms with E-state index in [9.17, 15) is 0 Å². The summed E-state index contributed by atoms with van der Waals surface area (Å²) in [7, 11) is 0. The van der Waals surface area contributed by atoms with Gasteiger partial charge in [-0.3, -0.25) is 0 Å². The number of benzene rings is 1. The van der Waals surface area contributed by atoms with Crippen molar-refractivity contribution in [1.29, 1.82) is 0 Å². The molecule has 0 aliphatic rings. The Kier molecular flexibility index (Phi) is 2.55. The summed E-state index contributed by atoms with van der Waals surface area (Å²) in [6.45, 7) is 3.99. The van der Waals surface area contributed by atoms with Crippen molar-refractivity contribution in [3.63, 3.8) is 0 Å². The Morgan fingerprint density at radius 1 is 1.21 bits per heavy atom. The molecule has 0 unspecified atom stereocenters. The van der Waals surface area contributed by atoms with E-state index >= 15 is 0 Å². The first-order valence-electron chi connectivity index (χ1n) is 4.26. The lowest BCUT2D eigenvalue weighted by Gasteiger charge is -2.00. The Morgan fingerprint density at radius 2 is 1.93 bits per heavy atom. The SMILES string of the molecule is C=C(c1ccccc1)c1cc(Br)co1. The van der Waals surface area contributed by atoms with Crippen molar-refractivity contribution in [3.8, 4) is 0 Å². The molecule has 14 heavy (non-hydrogen) atoms. The lowest BCUT2D eigenvalue weighted by molar-refractivity contribution is 0.552. The van der Waals surface area contributed by atoms with Crippen LogP contribution in [0.4, 0.5) is 0 Å². The number of furan rings is 1. The van der Waals surface area contributed by atoms with Gasteiger partial charge in [0.2, 0.25) is 0 Å². The van der Waals surface area contributed by atoms with E-state index in [0.717, 1.165) is 21.4 Å². The van der Waals surface area contributed by atoms with Gasteiger partial charge in [0.15, 0.2) is 0 Å². The summed E-state index contributed by atoms with van der Waals surface area (Å²) in [5.41, 5.74) is 1.98. The second-order valence-electron chi connectivity index (χ2n) is 2.97. The summed E-state index contributed by atoms with van der Waals surface area (Å²) < 4.78 is 6.27. The fraction of sp³-hybridized carbons (Fsp3) is 0. The second kappa shape index (κ2) is 3.84. The van der Waals surface area contributed by atoms with Gasteiger partial charge >= 0.3 is 0 Å². The maximum atomic E-state index is 5.33. The number of hydrogen-bond acceptors (Lipinski definition) is 1. The Hall–Kier alpha value is -1.28. The molecular formula is C12H9BrO. The molecule has 0 atom stereocenters. The van der Waals surface area contributed by atoms with Gasteiger partial charge in [0, 0.05) is 5.57 Å². The van der Waals surface area contributed by atoms with Crippen LogP contribution in [-0.4, -0.2) is 0 Å². The Balaban J connectivity index is 2.34. The summed E-state index contributed by atoms with van der Waals surface area (Å²) >= 11 is 3.34. The molecule has 0 radical (unpaired) electrons. The van der Waals surface area contributed by atoms with Crippen LogP contribution in [0.15, 0.2) is 58.1 Å². The van der Waals surface area contributed by atoms with Gasteiger partial charge in [0.25, 0.3) is 0 Å². The predicted molar refractivity (Wildman–Crippen MR) is 61.0 cm³/mol. The summed E-state index contributed by atoms with van der Waals surface area (Å²) in [6.07, 6.45) is 1.66. The molecule has 0 N–H and O–H groups in total. The first-order chi connectivity index (χ1) is 6.77. The van der Waals surface area contributed by atoms with Crippen LogP contribution in [0.5, 0.6) is 0 Å². The van der Waals surface area contributed by atoms with Crippen LogP contribution in [0.2, 0.25) is 0 Å². The minimum absolute atomic E-state index is 0.795. The molecule has 2 rings (SSSR count). The summed E-state index contributed by atoms with van der Waals surface area (Å²) in [6, 6.07) is 11.9. The highest BCUT2D eigenvalue weighted by molar-refractivity contribution is 9.10. The maximum absolute atomic E-state index is 5.33. The molecule has 0 amide bonds. The van der Waals surface area contributed by atoms with Crippen LogP contribution >= 0.6 is 15.9 Å². The van der Waals surface area contributed by atoms with Gasteiger partial charge in [0.05, 0.1) is 4.47 Å². The molecule has 0 fully saturated rings. The number of halogens is 1. The topological polar surface area (TPSA) is 13.1 Å². The fourth-order valence-electron chi connectivity index (χ4n) is 1.25. The van der Waals surface area contributed by atoms with E-state index in [1.165, 1.54) is 0 Å². The standard InChI is InChI=1S/C12H9BrO/c1-9(10-5-3-2-4-6-10)12-7-11(13)8-14-12/h2-8H,1H2. The van der Waals surface area contributed by atoms with Crippen LogP contribution in [0, 0.1) is 0 Å². The number of rotatable bonds is 2. The number of hydrogen-bond donors (Lipinski definition) is 0. The third-order valence-corrected chi connectivity index (χ3v) is 2.40. The first-order valence-corrected chi connectivity index (χ1v) is 5.05. The van der Waals surface area contributed by atoms with E-state index in [2.05, 4.69) is 22.5 Å². The van der Waals surface area contributed by atoms with Crippen molar-refractivity contribution < 1.29 is 4.42 Å². The lowest BCUT2D eigenvalue weighted by atomic mass is 10.1. The van der Waals surface area contributed by atoms with Gasteiger partial charge in [-0.15, -0.1) is 0 Å². The van der Waals surface area contributed by atoms with Crippen molar-refractivity contribution in [2.24, 2.45) is 0 Å². The minimum atomic E-state index is 0.795. The van der Waals surface area contributed by atoms with E-state index in [4.69, 9.17) is 4.42 Å². The molecule has 70 valence electrons. The molecule has 2 aromatic rings. The highest BCUT2D eigenvalue weighted by Gasteiger charge is 2.05. The predicted octanol–water partition coefficient (Wildman–Crippen LogP) is 4.10. The molecule has 1 nitrogen and oxygen atoms in total. The van der Waals surface area contributed by atoms with Crippen LogP contribution < -0.4 is 0 Å². The molecule has 0 aliphatic heterocycles. The molecule has 1 heterocycles. The van der Waals surface area contributed by atoms with Crippen LogP contribution in [0.25, 0.3) is 5.57 Å². The van der Waals surface area contributed by atoms with Gasteiger partial charge in [0.1, 0.15) is 12.0 Å². The molecule has 0 aliphatic carbocycles. The third kappa shape index (κ3) is 1.80. The van der Waals surface area contributed by atoms with E-state index in [0.29, 0.717) is 0 Å². The molecule has 2 heteroatoms. The monoisotopic (exact) mass is 248 g/mol. The average molecular weight is 249 g/mol. The van der Waals surface area contributed by atoms with Crippen LogP contribution in [-0.2, 0) is 0 Å². The Bertz CT molecular complexity index is 442. The molecule has 0 saturated carbocycles. The maximum Gasteiger partial charge on any atom is 0.135 e. The molecule has 1 aromatic carbocycles. The normalized spacial score (nSPS) is 10.1. The molecular weight excluding hydrogens is 240 g/mol. The van der Waals surface area contributed by atoms with Crippen LogP contribution in [0.3, 0.4) is 0 Å².